The topological polar surface area (TPSA) is 114 Å². The lowest BCUT2D eigenvalue weighted by Crippen LogP contribution is -2.11. The number of nitrogens with zero attached hydrogens (tertiary/aromatic N) is 1. The monoisotopic (exact) mass is 419 g/mol. The van der Waals surface area contributed by atoms with Crippen molar-refractivity contribution >= 4 is 35.0 Å². The third-order valence-corrected chi connectivity index (χ3v) is 4.31. The molecule has 0 saturated heterocycles. The van der Waals surface area contributed by atoms with Crippen LogP contribution in [0.3, 0.4) is 0 Å². The summed E-state index contributed by atoms with van der Waals surface area (Å²) < 4.78 is 5.62. The molecule has 0 fully saturated rings. The summed E-state index contributed by atoms with van der Waals surface area (Å²) in [4.78, 5) is 34.5. The van der Waals surface area contributed by atoms with Gasteiger partial charge in [0.05, 0.1) is 10.5 Å². The van der Waals surface area contributed by atoms with E-state index in [1.807, 2.05) is 6.92 Å². The number of rotatable bonds is 8. The maximum Gasteiger partial charge on any atom is 0.280 e. The average molecular weight is 419 g/mol. The number of hydrogen-bond acceptors (Lipinski definition) is 5. The van der Waals surface area contributed by atoms with Gasteiger partial charge in [0.2, 0.25) is 11.8 Å². The fraction of sp³-hybridized carbons (Fsp3) is 0.130. The number of nitro benzene ring substituents is 1. The SMILES string of the molecule is CCCC(=O)Nc1ccc(NC(=O)/C=C/c2ccc(-c3ccccc3[N+](=O)[O-])o2)cc1. The van der Waals surface area contributed by atoms with Crippen LogP contribution < -0.4 is 10.6 Å². The Kier molecular flexibility index (Phi) is 6.95. The highest BCUT2D eigenvalue weighted by Crippen LogP contribution is 2.31. The molecule has 31 heavy (non-hydrogen) atoms. The zero-order valence-electron chi connectivity index (χ0n) is 16.8. The Balaban J connectivity index is 1.61. The summed E-state index contributed by atoms with van der Waals surface area (Å²) >= 11 is 0. The van der Waals surface area contributed by atoms with Crippen LogP contribution in [0.15, 0.2) is 71.2 Å². The first-order chi connectivity index (χ1) is 15.0. The average Bonchev–Trinajstić information content (AvgIpc) is 3.23. The van der Waals surface area contributed by atoms with Crippen molar-refractivity contribution in [1.29, 1.82) is 0 Å². The van der Waals surface area contributed by atoms with Crippen molar-refractivity contribution in [3.8, 4) is 11.3 Å². The molecule has 8 heteroatoms. The summed E-state index contributed by atoms with van der Waals surface area (Å²) in [6.45, 7) is 1.93. The van der Waals surface area contributed by atoms with Crippen LogP contribution in [-0.2, 0) is 9.59 Å². The summed E-state index contributed by atoms with van der Waals surface area (Å²) in [5.41, 5.74) is 1.54. The van der Waals surface area contributed by atoms with Crippen LogP contribution in [0.5, 0.6) is 0 Å². The Hall–Kier alpha value is -4.20. The van der Waals surface area contributed by atoms with Crippen molar-refractivity contribution < 1.29 is 18.9 Å². The minimum atomic E-state index is -0.471. The molecule has 0 aliphatic carbocycles. The summed E-state index contributed by atoms with van der Waals surface area (Å²) in [5.74, 6) is 0.303. The fourth-order valence-electron chi connectivity index (χ4n) is 2.86. The first-order valence-corrected chi connectivity index (χ1v) is 9.69. The van der Waals surface area contributed by atoms with E-state index in [1.54, 1.807) is 54.6 Å². The molecular formula is C23H21N3O5. The maximum atomic E-state index is 12.2. The van der Waals surface area contributed by atoms with E-state index in [-0.39, 0.29) is 17.5 Å². The minimum absolute atomic E-state index is 0.0547. The molecule has 0 atom stereocenters. The van der Waals surface area contributed by atoms with E-state index in [1.165, 1.54) is 18.2 Å². The lowest BCUT2D eigenvalue weighted by atomic mass is 10.1. The number of nitrogens with one attached hydrogen (secondary N) is 2. The summed E-state index contributed by atoms with van der Waals surface area (Å²) in [5, 5.41) is 16.7. The Labute approximate surface area is 178 Å². The van der Waals surface area contributed by atoms with Crippen LogP contribution in [0.25, 0.3) is 17.4 Å². The van der Waals surface area contributed by atoms with E-state index in [4.69, 9.17) is 4.42 Å². The van der Waals surface area contributed by atoms with Gasteiger partial charge in [-0.1, -0.05) is 19.1 Å². The third-order valence-electron chi connectivity index (χ3n) is 4.31. The van der Waals surface area contributed by atoms with E-state index >= 15 is 0 Å². The van der Waals surface area contributed by atoms with Crippen molar-refractivity contribution in [3.05, 3.63) is 82.6 Å². The van der Waals surface area contributed by atoms with Crippen LogP contribution in [0, 0.1) is 10.1 Å². The van der Waals surface area contributed by atoms with Gasteiger partial charge in [-0.2, -0.15) is 0 Å². The lowest BCUT2D eigenvalue weighted by Gasteiger charge is -2.06. The Morgan fingerprint density at radius 1 is 1.00 bits per heavy atom. The molecule has 0 saturated carbocycles. The van der Waals surface area contributed by atoms with Crippen LogP contribution in [0.1, 0.15) is 25.5 Å². The predicted molar refractivity (Wildman–Crippen MR) is 118 cm³/mol. The normalized spacial score (nSPS) is 10.7. The van der Waals surface area contributed by atoms with E-state index in [0.717, 1.165) is 6.42 Å². The molecule has 1 heterocycles. The van der Waals surface area contributed by atoms with Gasteiger partial charge < -0.3 is 15.1 Å². The van der Waals surface area contributed by atoms with Gasteiger partial charge in [-0.05, 0) is 55.0 Å². The number of amides is 2. The smallest absolute Gasteiger partial charge is 0.280 e. The molecule has 0 spiro atoms. The van der Waals surface area contributed by atoms with Crippen molar-refractivity contribution in [1.82, 2.24) is 0 Å². The molecule has 0 aliphatic heterocycles. The number of nitro groups is 1. The first kappa shape index (κ1) is 21.5. The Morgan fingerprint density at radius 3 is 2.35 bits per heavy atom. The number of para-hydroxylation sites is 1. The molecule has 3 aromatic rings. The molecule has 1 aromatic heterocycles. The number of anilines is 2. The van der Waals surface area contributed by atoms with Gasteiger partial charge >= 0.3 is 0 Å². The second-order valence-corrected chi connectivity index (χ2v) is 6.67. The molecule has 2 aromatic carbocycles. The van der Waals surface area contributed by atoms with Crippen LogP contribution in [0.4, 0.5) is 17.1 Å². The molecule has 0 aliphatic rings. The largest absolute Gasteiger partial charge is 0.456 e. The zero-order chi connectivity index (χ0) is 22.2. The number of benzene rings is 2. The molecule has 2 amide bonds. The summed E-state index contributed by atoms with van der Waals surface area (Å²) in [7, 11) is 0. The van der Waals surface area contributed by atoms with E-state index in [9.17, 15) is 19.7 Å². The molecule has 3 rings (SSSR count). The standard InChI is InChI=1S/C23H21N3O5/c1-2-5-22(27)24-16-8-10-17(11-9-16)25-23(28)15-13-18-12-14-21(31-18)19-6-3-4-7-20(19)26(29)30/h3-4,6-15H,2,5H2,1H3,(H,24,27)(H,25,28)/b15-13+. The van der Waals surface area contributed by atoms with Crippen LogP contribution in [0.2, 0.25) is 0 Å². The lowest BCUT2D eigenvalue weighted by molar-refractivity contribution is -0.384. The van der Waals surface area contributed by atoms with Gasteiger partial charge in [0.1, 0.15) is 11.5 Å². The summed E-state index contributed by atoms with van der Waals surface area (Å²) in [6, 6.07) is 16.3. The zero-order valence-corrected chi connectivity index (χ0v) is 16.8. The molecule has 0 radical (unpaired) electrons. The van der Waals surface area contributed by atoms with E-state index < -0.39 is 4.92 Å². The van der Waals surface area contributed by atoms with Crippen molar-refractivity contribution in [2.24, 2.45) is 0 Å². The Morgan fingerprint density at radius 2 is 1.68 bits per heavy atom. The highest BCUT2D eigenvalue weighted by Gasteiger charge is 2.16. The van der Waals surface area contributed by atoms with Crippen LogP contribution >= 0.6 is 0 Å². The van der Waals surface area contributed by atoms with Gasteiger partial charge in [0, 0.05) is 29.9 Å². The predicted octanol–water partition coefficient (Wildman–Crippen LogP) is 5.25. The number of carbonyl (C=O) groups excluding carboxylic acids is 2. The number of hydrogen-bond donors (Lipinski definition) is 2. The molecule has 8 nitrogen and oxygen atoms in total. The molecule has 2 N–H and O–H groups in total. The maximum absolute atomic E-state index is 12.2. The highest BCUT2D eigenvalue weighted by atomic mass is 16.6. The van der Waals surface area contributed by atoms with E-state index in [0.29, 0.717) is 34.9 Å². The fourth-order valence-corrected chi connectivity index (χ4v) is 2.86. The molecule has 158 valence electrons. The van der Waals surface area contributed by atoms with Crippen molar-refractivity contribution in [3.63, 3.8) is 0 Å². The first-order valence-electron chi connectivity index (χ1n) is 9.69. The van der Waals surface area contributed by atoms with E-state index in [2.05, 4.69) is 10.6 Å². The van der Waals surface area contributed by atoms with Gasteiger partial charge in [-0.15, -0.1) is 0 Å². The van der Waals surface area contributed by atoms with Gasteiger partial charge in [0.15, 0.2) is 0 Å². The van der Waals surface area contributed by atoms with Gasteiger partial charge in [-0.3, -0.25) is 19.7 Å². The second kappa shape index (κ2) is 10.0. The summed E-state index contributed by atoms with van der Waals surface area (Å²) in [6.07, 6.45) is 4.01. The molecule has 0 bridgehead atoms. The number of carbonyl (C=O) groups is 2. The van der Waals surface area contributed by atoms with Gasteiger partial charge in [0.25, 0.3) is 5.69 Å². The minimum Gasteiger partial charge on any atom is -0.456 e. The quantitative estimate of drug-likeness (QED) is 0.294. The third kappa shape index (κ3) is 5.89. The molecular weight excluding hydrogens is 398 g/mol. The molecule has 0 unspecified atom stereocenters. The van der Waals surface area contributed by atoms with Crippen molar-refractivity contribution in [2.45, 2.75) is 19.8 Å². The second-order valence-electron chi connectivity index (χ2n) is 6.67. The van der Waals surface area contributed by atoms with Gasteiger partial charge in [-0.25, -0.2) is 0 Å². The Bertz CT molecular complexity index is 1120. The van der Waals surface area contributed by atoms with Crippen LogP contribution in [-0.4, -0.2) is 16.7 Å². The highest BCUT2D eigenvalue weighted by molar-refractivity contribution is 6.02. The number of furan rings is 1. The van der Waals surface area contributed by atoms with Crippen molar-refractivity contribution in [2.75, 3.05) is 10.6 Å².